The fraction of sp³-hybridized carbons (Fsp3) is 0.0769. The highest BCUT2D eigenvalue weighted by Crippen LogP contribution is 2.34. The molecule has 3 rings (SSSR count). The molecule has 3 N–H and O–H groups in total. The minimum absolute atomic E-state index is 0.00393. The SMILES string of the molecule is NCc1ccc(-c2ccc3[nH]ncc3c2[N+](=O)[O-])nc1. The van der Waals surface area contributed by atoms with E-state index in [2.05, 4.69) is 15.2 Å². The van der Waals surface area contributed by atoms with Crippen molar-refractivity contribution in [1.29, 1.82) is 0 Å². The Morgan fingerprint density at radius 1 is 1.25 bits per heavy atom. The summed E-state index contributed by atoms with van der Waals surface area (Å²) in [6, 6.07) is 6.97. The van der Waals surface area contributed by atoms with Gasteiger partial charge in [-0.05, 0) is 23.8 Å². The summed E-state index contributed by atoms with van der Waals surface area (Å²) in [6.07, 6.45) is 3.07. The van der Waals surface area contributed by atoms with Crippen LogP contribution in [0.15, 0.2) is 36.7 Å². The summed E-state index contributed by atoms with van der Waals surface area (Å²) in [6.45, 7) is 0.385. The Balaban J connectivity index is 2.23. The number of rotatable bonds is 3. The monoisotopic (exact) mass is 269 g/mol. The maximum atomic E-state index is 11.3. The second-order valence-electron chi connectivity index (χ2n) is 4.31. The van der Waals surface area contributed by atoms with Crippen molar-refractivity contribution >= 4 is 16.6 Å². The molecule has 7 heteroatoms. The van der Waals surface area contributed by atoms with E-state index < -0.39 is 4.92 Å². The van der Waals surface area contributed by atoms with Crippen molar-refractivity contribution in [2.24, 2.45) is 5.73 Å². The Labute approximate surface area is 113 Å². The summed E-state index contributed by atoms with van der Waals surface area (Å²) < 4.78 is 0. The van der Waals surface area contributed by atoms with Crippen LogP contribution in [0.1, 0.15) is 5.56 Å². The third-order valence-electron chi connectivity index (χ3n) is 3.11. The van der Waals surface area contributed by atoms with Crippen LogP contribution in [0, 0.1) is 10.1 Å². The van der Waals surface area contributed by atoms with Crippen LogP contribution < -0.4 is 5.73 Å². The fourth-order valence-corrected chi connectivity index (χ4v) is 2.11. The van der Waals surface area contributed by atoms with Gasteiger partial charge in [0.05, 0.1) is 33.3 Å². The highest BCUT2D eigenvalue weighted by atomic mass is 16.6. The van der Waals surface area contributed by atoms with Gasteiger partial charge in [-0.1, -0.05) is 6.07 Å². The van der Waals surface area contributed by atoms with Gasteiger partial charge in [0.2, 0.25) is 0 Å². The van der Waals surface area contributed by atoms with E-state index in [4.69, 9.17) is 5.73 Å². The van der Waals surface area contributed by atoms with Crippen molar-refractivity contribution in [1.82, 2.24) is 15.2 Å². The number of aromatic amines is 1. The van der Waals surface area contributed by atoms with Crippen LogP contribution in [0.5, 0.6) is 0 Å². The summed E-state index contributed by atoms with van der Waals surface area (Å²) in [5.41, 5.74) is 8.02. The van der Waals surface area contributed by atoms with Crippen LogP contribution in [0.3, 0.4) is 0 Å². The van der Waals surface area contributed by atoms with Gasteiger partial charge in [0.15, 0.2) is 0 Å². The van der Waals surface area contributed by atoms with Crippen molar-refractivity contribution < 1.29 is 4.92 Å². The standard InChI is InChI=1S/C13H11N5O2/c14-5-8-1-3-11(15-6-8)9-2-4-12-10(7-16-17-12)13(9)18(19)20/h1-4,6-7H,5,14H2,(H,16,17). The third kappa shape index (κ3) is 1.90. The number of H-pyrrole nitrogens is 1. The molecule has 0 saturated carbocycles. The first-order valence-corrected chi connectivity index (χ1v) is 5.96. The van der Waals surface area contributed by atoms with Crippen LogP contribution in [0.2, 0.25) is 0 Å². The Kier molecular flexibility index (Phi) is 2.88. The van der Waals surface area contributed by atoms with Crippen molar-refractivity contribution in [2.75, 3.05) is 0 Å². The van der Waals surface area contributed by atoms with E-state index in [1.165, 1.54) is 6.20 Å². The van der Waals surface area contributed by atoms with E-state index in [-0.39, 0.29) is 5.69 Å². The second kappa shape index (κ2) is 4.71. The third-order valence-corrected chi connectivity index (χ3v) is 3.11. The van der Waals surface area contributed by atoms with E-state index in [1.807, 2.05) is 6.07 Å². The molecule has 7 nitrogen and oxygen atoms in total. The van der Waals surface area contributed by atoms with Crippen LogP contribution >= 0.6 is 0 Å². The number of nitro benzene ring substituents is 1. The first-order chi connectivity index (χ1) is 9.70. The number of hydrogen-bond donors (Lipinski definition) is 2. The summed E-state index contributed by atoms with van der Waals surface area (Å²) in [5.74, 6) is 0. The zero-order valence-corrected chi connectivity index (χ0v) is 10.4. The highest BCUT2D eigenvalue weighted by molar-refractivity contribution is 5.95. The summed E-state index contributed by atoms with van der Waals surface area (Å²) >= 11 is 0. The van der Waals surface area contributed by atoms with Gasteiger partial charge >= 0.3 is 0 Å². The number of pyridine rings is 1. The molecule has 0 unspecified atom stereocenters. The number of nitrogens with one attached hydrogen (secondary N) is 1. The topological polar surface area (TPSA) is 111 Å². The molecule has 100 valence electrons. The molecule has 3 aromatic rings. The lowest BCUT2D eigenvalue weighted by molar-refractivity contribution is -0.382. The van der Waals surface area contributed by atoms with E-state index in [0.717, 1.165) is 5.56 Å². The maximum Gasteiger partial charge on any atom is 0.289 e. The van der Waals surface area contributed by atoms with Crippen LogP contribution in [0.4, 0.5) is 5.69 Å². The van der Waals surface area contributed by atoms with Gasteiger partial charge in [0.25, 0.3) is 5.69 Å². The minimum atomic E-state index is -0.411. The zero-order valence-electron chi connectivity index (χ0n) is 10.4. The van der Waals surface area contributed by atoms with Gasteiger partial charge in [-0.3, -0.25) is 20.2 Å². The molecule has 0 atom stereocenters. The molecular formula is C13H11N5O2. The molecule has 0 aliphatic rings. The molecule has 2 heterocycles. The van der Waals surface area contributed by atoms with E-state index >= 15 is 0 Å². The quantitative estimate of drug-likeness (QED) is 0.558. The normalized spacial score (nSPS) is 10.8. The number of nitro groups is 1. The number of benzene rings is 1. The number of nitrogens with zero attached hydrogens (tertiary/aromatic N) is 3. The van der Waals surface area contributed by atoms with Crippen LogP contribution in [0.25, 0.3) is 22.2 Å². The van der Waals surface area contributed by atoms with Gasteiger partial charge in [-0.25, -0.2) is 0 Å². The largest absolute Gasteiger partial charge is 0.326 e. The average Bonchev–Trinajstić information content (AvgIpc) is 2.94. The summed E-state index contributed by atoms with van der Waals surface area (Å²) in [4.78, 5) is 15.2. The number of fused-ring (bicyclic) bond motifs is 1. The van der Waals surface area contributed by atoms with E-state index in [9.17, 15) is 10.1 Å². The maximum absolute atomic E-state index is 11.3. The van der Waals surface area contributed by atoms with E-state index in [0.29, 0.717) is 28.7 Å². The van der Waals surface area contributed by atoms with Gasteiger partial charge in [-0.2, -0.15) is 5.10 Å². The lowest BCUT2D eigenvalue weighted by Crippen LogP contribution is -1.98. The van der Waals surface area contributed by atoms with Crippen molar-refractivity contribution in [3.05, 3.63) is 52.3 Å². The second-order valence-corrected chi connectivity index (χ2v) is 4.31. The molecule has 0 spiro atoms. The molecular weight excluding hydrogens is 258 g/mol. The fourth-order valence-electron chi connectivity index (χ4n) is 2.11. The Bertz CT molecular complexity index is 779. The molecule has 0 aliphatic heterocycles. The van der Waals surface area contributed by atoms with Crippen molar-refractivity contribution in [3.8, 4) is 11.3 Å². The van der Waals surface area contributed by atoms with E-state index in [1.54, 1.807) is 24.4 Å². The molecule has 0 fully saturated rings. The Morgan fingerprint density at radius 2 is 2.10 bits per heavy atom. The van der Waals surface area contributed by atoms with Crippen molar-refractivity contribution in [3.63, 3.8) is 0 Å². The lowest BCUT2D eigenvalue weighted by atomic mass is 10.1. The first-order valence-electron chi connectivity index (χ1n) is 5.96. The minimum Gasteiger partial charge on any atom is -0.326 e. The Hall–Kier alpha value is -2.80. The smallest absolute Gasteiger partial charge is 0.289 e. The Morgan fingerprint density at radius 3 is 2.75 bits per heavy atom. The number of nitrogens with two attached hydrogens (primary N) is 1. The molecule has 0 radical (unpaired) electrons. The van der Waals surface area contributed by atoms with Crippen LogP contribution in [-0.4, -0.2) is 20.1 Å². The number of hydrogen-bond acceptors (Lipinski definition) is 5. The highest BCUT2D eigenvalue weighted by Gasteiger charge is 2.21. The van der Waals surface area contributed by atoms with Gasteiger partial charge in [0.1, 0.15) is 0 Å². The summed E-state index contributed by atoms with van der Waals surface area (Å²) in [7, 11) is 0. The molecule has 20 heavy (non-hydrogen) atoms. The molecule has 0 saturated heterocycles. The average molecular weight is 269 g/mol. The van der Waals surface area contributed by atoms with Gasteiger partial charge in [0, 0.05) is 12.7 Å². The molecule has 2 aromatic heterocycles. The molecule has 0 bridgehead atoms. The first kappa shape index (κ1) is 12.2. The lowest BCUT2D eigenvalue weighted by Gasteiger charge is -2.04. The van der Waals surface area contributed by atoms with Gasteiger partial charge in [-0.15, -0.1) is 0 Å². The zero-order chi connectivity index (χ0) is 14.1. The predicted molar refractivity (Wildman–Crippen MR) is 73.9 cm³/mol. The molecule has 0 aliphatic carbocycles. The number of aromatic nitrogens is 3. The predicted octanol–water partition coefficient (Wildman–Crippen LogP) is 1.99. The van der Waals surface area contributed by atoms with Gasteiger partial charge < -0.3 is 5.73 Å². The molecule has 1 aromatic carbocycles. The van der Waals surface area contributed by atoms with Crippen LogP contribution in [-0.2, 0) is 6.54 Å². The van der Waals surface area contributed by atoms with Crippen molar-refractivity contribution in [2.45, 2.75) is 6.54 Å². The summed E-state index contributed by atoms with van der Waals surface area (Å²) in [5, 5.41) is 18.4. The molecule has 0 amide bonds.